The molecule has 3 rings (SSSR count). The van der Waals surface area contributed by atoms with Gasteiger partial charge in [-0.05, 0) is 43.6 Å². The van der Waals surface area contributed by atoms with Crippen LogP contribution in [-0.2, 0) is 6.54 Å². The first-order chi connectivity index (χ1) is 9.86. The molecule has 1 atom stereocenters. The minimum Gasteiger partial charge on any atom is -0.313 e. The topological polar surface area (TPSA) is 28.2 Å². The summed E-state index contributed by atoms with van der Waals surface area (Å²) in [6, 6.07) is 11.2. The van der Waals surface area contributed by atoms with E-state index >= 15 is 0 Å². The zero-order valence-electron chi connectivity index (χ0n) is 12.2. The van der Waals surface area contributed by atoms with Crippen molar-refractivity contribution in [2.24, 2.45) is 0 Å². The predicted octanol–water partition coefficient (Wildman–Crippen LogP) is 2.81. The van der Waals surface area contributed by atoms with Crippen LogP contribution in [0.2, 0.25) is 0 Å². The molecule has 1 fully saturated rings. The molecule has 3 heteroatoms. The smallest absolute Gasteiger partial charge is 0.0705 e. The van der Waals surface area contributed by atoms with Gasteiger partial charge in [-0.1, -0.05) is 25.1 Å². The highest BCUT2D eigenvalue weighted by Gasteiger charge is 2.16. The number of pyridine rings is 1. The SMILES string of the molecule is CCC1CN(Cc2ccnc3ccccc23)CCCN1. The van der Waals surface area contributed by atoms with Crippen LogP contribution in [0.1, 0.15) is 25.3 Å². The zero-order valence-corrected chi connectivity index (χ0v) is 12.2. The van der Waals surface area contributed by atoms with E-state index in [1.807, 2.05) is 6.20 Å². The summed E-state index contributed by atoms with van der Waals surface area (Å²) >= 11 is 0. The van der Waals surface area contributed by atoms with Crippen molar-refractivity contribution in [1.82, 2.24) is 15.2 Å². The molecule has 2 heterocycles. The van der Waals surface area contributed by atoms with Crippen LogP contribution < -0.4 is 5.32 Å². The minimum atomic E-state index is 0.630. The van der Waals surface area contributed by atoms with Crippen molar-refractivity contribution in [3.63, 3.8) is 0 Å². The predicted molar refractivity (Wildman–Crippen MR) is 83.7 cm³/mol. The molecule has 1 unspecified atom stereocenters. The second-order valence-electron chi connectivity index (χ2n) is 5.64. The number of hydrogen-bond acceptors (Lipinski definition) is 3. The Morgan fingerprint density at radius 2 is 2.20 bits per heavy atom. The first-order valence-electron chi connectivity index (χ1n) is 7.65. The molecule has 1 aromatic heterocycles. The van der Waals surface area contributed by atoms with E-state index in [-0.39, 0.29) is 0 Å². The van der Waals surface area contributed by atoms with Gasteiger partial charge >= 0.3 is 0 Å². The van der Waals surface area contributed by atoms with Crippen molar-refractivity contribution in [3.05, 3.63) is 42.1 Å². The zero-order chi connectivity index (χ0) is 13.8. The maximum Gasteiger partial charge on any atom is 0.0705 e. The maximum absolute atomic E-state index is 4.45. The fourth-order valence-electron chi connectivity index (χ4n) is 3.03. The lowest BCUT2D eigenvalue weighted by molar-refractivity contribution is 0.258. The second kappa shape index (κ2) is 6.33. The van der Waals surface area contributed by atoms with Crippen molar-refractivity contribution in [1.29, 1.82) is 0 Å². The van der Waals surface area contributed by atoms with Crippen LogP contribution in [0.4, 0.5) is 0 Å². The minimum absolute atomic E-state index is 0.630. The molecule has 1 aliphatic rings. The van der Waals surface area contributed by atoms with E-state index in [9.17, 15) is 0 Å². The van der Waals surface area contributed by atoms with Gasteiger partial charge in [0.05, 0.1) is 5.52 Å². The van der Waals surface area contributed by atoms with Crippen LogP contribution in [-0.4, -0.2) is 35.6 Å². The average molecular weight is 269 g/mol. The number of aromatic nitrogens is 1. The number of rotatable bonds is 3. The number of nitrogens with zero attached hydrogens (tertiary/aromatic N) is 2. The van der Waals surface area contributed by atoms with Gasteiger partial charge in [0, 0.05) is 30.7 Å². The standard InChI is InChI=1S/C17H23N3/c1-2-15-13-20(11-5-9-18-15)12-14-8-10-19-17-7-4-3-6-16(14)17/h3-4,6-8,10,15,18H,2,5,9,11-13H2,1H3. The van der Waals surface area contributed by atoms with Crippen molar-refractivity contribution in [2.75, 3.05) is 19.6 Å². The molecule has 1 aromatic carbocycles. The van der Waals surface area contributed by atoms with Crippen molar-refractivity contribution < 1.29 is 0 Å². The molecule has 0 amide bonds. The molecule has 0 bridgehead atoms. The summed E-state index contributed by atoms with van der Waals surface area (Å²) < 4.78 is 0. The molecule has 106 valence electrons. The Morgan fingerprint density at radius 1 is 1.30 bits per heavy atom. The van der Waals surface area contributed by atoms with Gasteiger partial charge in [-0.2, -0.15) is 0 Å². The van der Waals surface area contributed by atoms with Gasteiger partial charge in [0.25, 0.3) is 0 Å². The maximum atomic E-state index is 4.45. The molecular weight excluding hydrogens is 246 g/mol. The molecule has 0 saturated carbocycles. The molecule has 1 saturated heterocycles. The van der Waals surface area contributed by atoms with Gasteiger partial charge in [0.1, 0.15) is 0 Å². The third-order valence-corrected chi connectivity index (χ3v) is 4.19. The lowest BCUT2D eigenvalue weighted by Gasteiger charge is -2.24. The molecule has 2 aromatic rings. The summed E-state index contributed by atoms with van der Waals surface area (Å²) in [5.74, 6) is 0. The Labute approximate surface area is 121 Å². The van der Waals surface area contributed by atoms with E-state index in [4.69, 9.17) is 0 Å². The summed E-state index contributed by atoms with van der Waals surface area (Å²) in [4.78, 5) is 7.03. The summed E-state index contributed by atoms with van der Waals surface area (Å²) in [7, 11) is 0. The van der Waals surface area contributed by atoms with E-state index < -0.39 is 0 Å². The summed E-state index contributed by atoms with van der Waals surface area (Å²) in [5, 5.41) is 4.92. The summed E-state index contributed by atoms with van der Waals surface area (Å²) in [5.41, 5.74) is 2.50. The molecular formula is C17H23N3. The third-order valence-electron chi connectivity index (χ3n) is 4.19. The van der Waals surface area contributed by atoms with E-state index in [1.165, 1.54) is 30.3 Å². The van der Waals surface area contributed by atoms with Crippen LogP contribution in [0.15, 0.2) is 36.5 Å². The quantitative estimate of drug-likeness (QED) is 0.928. The van der Waals surface area contributed by atoms with Crippen molar-refractivity contribution in [3.8, 4) is 0 Å². The molecule has 0 spiro atoms. The highest BCUT2D eigenvalue weighted by Crippen LogP contribution is 2.18. The lowest BCUT2D eigenvalue weighted by atomic mass is 10.1. The van der Waals surface area contributed by atoms with Gasteiger partial charge in [-0.15, -0.1) is 0 Å². The first kappa shape index (κ1) is 13.5. The van der Waals surface area contributed by atoms with E-state index in [0.29, 0.717) is 6.04 Å². The van der Waals surface area contributed by atoms with Gasteiger partial charge in [-0.3, -0.25) is 9.88 Å². The largest absolute Gasteiger partial charge is 0.313 e. The monoisotopic (exact) mass is 269 g/mol. The number of para-hydroxylation sites is 1. The van der Waals surface area contributed by atoms with E-state index in [2.05, 4.69) is 52.5 Å². The number of nitrogens with one attached hydrogen (secondary N) is 1. The molecule has 1 aliphatic heterocycles. The normalized spacial score (nSPS) is 20.9. The van der Waals surface area contributed by atoms with Crippen LogP contribution >= 0.6 is 0 Å². The lowest BCUT2D eigenvalue weighted by Crippen LogP contribution is -2.36. The van der Waals surface area contributed by atoms with Gasteiger partial charge in [-0.25, -0.2) is 0 Å². The molecule has 1 N–H and O–H groups in total. The van der Waals surface area contributed by atoms with Gasteiger partial charge in [0.2, 0.25) is 0 Å². The molecule has 3 nitrogen and oxygen atoms in total. The fourth-order valence-corrected chi connectivity index (χ4v) is 3.03. The Balaban J connectivity index is 1.81. The molecule has 0 radical (unpaired) electrons. The van der Waals surface area contributed by atoms with Crippen LogP contribution in [0.3, 0.4) is 0 Å². The summed E-state index contributed by atoms with van der Waals surface area (Å²) in [6.45, 7) is 6.77. The number of benzene rings is 1. The van der Waals surface area contributed by atoms with Crippen molar-refractivity contribution >= 4 is 10.9 Å². The summed E-state index contributed by atoms with van der Waals surface area (Å²) in [6.07, 6.45) is 4.37. The van der Waals surface area contributed by atoms with Gasteiger partial charge < -0.3 is 5.32 Å². The van der Waals surface area contributed by atoms with E-state index in [0.717, 1.165) is 25.2 Å². The average Bonchev–Trinajstić information content (AvgIpc) is 2.73. The highest BCUT2D eigenvalue weighted by molar-refractivity contribution is 5.81. The Morgan fingerprint density at radius 3 is 3.10 bits per heavy atom. The van der Waals surface area contributed by atoms with Gasteiger partial charge in [0.15, 0.2) is 0 Å². The number of hydrogen-bond donors (Lipinski definition) is 1. The molecule has 0 aliphatic carbocycles. The third kappa shape index (κ3) is 3.00. The Kier molecular flexibility index (Phi) is 4.28. The number of fused-ring (bicyclic) bond motifs is 1. The highest BCUT2D eigenvalue weighted by atomic mass is 15.2. The van der Waals surface area contributed by atoms with E-state index in [1.54, 1.807) is 0 Å². The Bertz CT molecular complexity index is 562. The second-order valence-corrected chi connectivity index (χ2v) is 5.64. The van der Waals surface area contributed by atoms with Crippen LogP contribution in [0.5, 0.6) is 0 Å². The first-order valence-corrected chi connectivity index (χ1v) is 7.65. The van der Waals surface area contributed by atoms with Crippen LogP contribution in [0.25, 0.3) is 10.9 Å². The Hall–Kier alpha value is -1.45. The fraction of sp³-hybridized carbons (Fsp3) is 0.471. The van der Waals surface area contributed by atoms with Crippen LogP contribution in [0, 0.1) is 0 Å². The van der Waals surface area contributed by atoms with Crippen molar-refractivity contribution in [2.45, 2.75) is 32.4 Å². The molecule has 20 heavy (non-hydrogen) atoms.